The lowest BCUT2D eigenvalue weighted by Crippen LogP contribution is -2.43. The Morgan fingerprint density at radius 1 is 1.25 bits per heavy atom. The molecule has 2 heteroatoms. The van der Waals surface area contributed by atoms with Gasteiger partial charge in [0.1, 0.15) is 0 Å². The van der Waals surface area contributed by atoms with Crippen LogP contribution in [-0.4, -0.2) is 36.6 Å². The van der Waals surface area contributed by atoms with Crippen LogP contribution >= 0.6 is 0 Å². The third-order valence-electron chi connectivity index (χ3n) is 4.21. The maximum Gasteiger partial charge on any atom is 0.0218 e. The van der Waals surface area contributed by atoms with E-state index in [0.717, 1.165) is 18.0 Å². The number of nitrogens with one attached hydrogen (secondary N) is 1. The summed E-state index contributed by atoms with van der Waals surface area (Å²) in [6, 6.07) is 1.51. The highest BCUT2D eigenvalue weighted by molar-refractivity contribution is 4.81. The van der Waals surface area contributed by atoms with Gasteiger partial charge in [-0.15, -0.1) is 0 Å². The van der Waals surface area contributed by atoms with Gasteiger partial charge in [0.15, 0.2) is 0 Å². The number of hydrogen-bond acceptors (Lipinski definition) is 2. The molecule has 1 saturated carbocycles. The van der Waals surface area contributed by atoms with E-state index < -0.39 is 0 Å². The molecule has 0 spiro atoms. The second-order valence-electron chi connectivity index (χ2n) is 5.79. The molecule has 1 N–H and O–H groups in total. The van der Waals surface area contributed by atoms with Crippen molar-refractivity contribution in [3.63, 3.8) is 0 Å². The predicted octanol–water partition coefficient (Wildman–Crippen LogP) is 2.64. The fourth-order valence-corrected chi connectivity index (χ4v) is 2.91. The summed E-state index contributed by atoms with van der Waals surface area (Å²) in [7, 11) is 0. The molecule has 2 fully saturated rings. The first-order valence-corrected chi connectivity index (χ1v) is 7.27. The van der Waals surface area contributed by atoms with Gasteiger partial charge in [-0.2, -0.15) is 0 Å². The molecule has 0 aromatic rings. The minimum atomic E-state index is 0.726. The first-order valence-electron chi connectivity index (χ1n) is 7.27. The molecule has 1 aliphatic carbocycles. The van der Waals surface area contributed by atoms with Gasteiger partial charge in [-0.3, -0.25) is 4.90 Å². The highest BCUT2D eigenvalue weighted by atomic mass is 15.2. The largest absolute Gasteiger partial charge is 0.313 e. The zero-order chi connectivity index (χ0) is 11.4. The SMILES string of the molecule is CCC(CNC(C)CC1CC1)N1CCCC1. The Labute approximate surface area is 101 Å². The fraction of sp³-hybridized carbons (Fsp3) is 1.00. The minimum absolute atomic E-state index is 0.726. The van der Waals surface area contributed by atoms with Gasteiger partial charge in [0.2, 0.25) is 0 Å². The van der Waals surface area contributed by atoms with Gasteiger partial charge in [0.25, 0.3) is 0 Å². The van der Waals surface area contributed by atoms with Crippen LogP contribution in [-0.2, 0) is 0 Å². The number of likely N-dealkylation sites (tertiary alicyclic amines) is 1. The average Bonchev–Trinajstić information content (AvgIpc) is 2.92. The van der Waals surface area contributed by atoms with E-state index in [0.29, 0.717) is 0 Å². The summed E-state index contributed by atoms with van der Waals surface area (Å²) in [4.78, 5) is 2.68. The van der Waals surface area contributed by atoms with Crippen LogP contribution in [0, 0.1) is 5.92 Å². The highest BCUT2D eigenvalue weighted by Crippen LogP contribution is 2.33. The Bertz CT molecular complexity index is 195. The molecule has 0 aromatic carbocycles. The van der Waals surface area contributed by atoms with Crippen LogP contribution in [0.5, 0.6) is 0 Å². The average molecular weight is 224 g/mol. The summed E-state index contributed by atoms with van der Waals surface area (Å²) in [6.07, 6.45) is 8.48. The van der Waals surface area contributed by atoms with Gasteiger partial charge < -0.3 is 5.32 Å². The van der Waals surface area contributed by atoms with E-state index in [-0.39, 0.29) is 0 Å². The number of rotatable bonds is 7. The van der Waals surface area contributed by atoms with Gasteiger partial charge in [-0.05, 0) is 51.6 Å². The smallest absolute Gasteiger partial charge is 0.0218 e. The van der Waals surface area contributed by atoms with E-state index in [1.807, 2.05) is 0 Å². The molecule has 0 aromatic heterocycles. The van der Waals surface area contributed by atoms with Gasteiger partial charge in [-0.1, -0.05) is 19.8 Å². The molecular weight excluding hydrogens is 196 g/mol. The summed E-state index contributed by atoms with van der Waals surface area (Å²) in [6.45, 7) is 8.55. The van der Waals surface area contributed by atoms with Crippen LogP contribution in [0.1, 0.15) is 52.4 Å². The molecule has 2 unspecified atom stereocenters. The molecule has 2 atom stereocenters. The van der Waals surface area contributed by atoms with Crippen LogP contribution in [0.15, 0.2) is 0 Å². The van der Waals surface area contributed by atoms with Crippen LogP contribution in [0.4, 0.5) is 0 Å². The molecule has 16 heavy (non-hydrogen) atoms. The van der Waals surface area contributed by atoms with E-state index in [1.54, 1.807) is 0 Å². The van der Waals surface area contributed by atoms with E-state index >= 15 is 0 Å². The zero-order valence-corrected chi connectivity index (χ0v) is 11.0. The van der Waals surface area contributed by atoms with Crippen LogP contribution in [0.3, 0.4) is 0 Å². The topological polar surface area (TPSA) is 15.3 Å². The summed E-state index contributed by atoms with van der Waals surface area (Å²) in [5.74, 6) is 1.05. The lowest BCUT2D eigenvalue weighted by atomic mass is 10.1. The molecule has 1 heterocycles. The zero-order valence-electron chi connectivity index (χ0n) is 11.0. The lowest BCUT2D eigenvalue weighted by molar-refractivity contribution is 0.223. The van der Waals surface area contributed by atoms with Gasteiger partial charge in [-0.25, -0.2) is 0 Å². The normalized spacial score (nSPS) is 25.9. The summed E-state index contributed by atoms with van der Waals surface area (Å²) < 4.78 is 0. The van der Waals surface area contributed by atoms with Crippen molar-refractivity contribution in [3.05, 3.63) is 0 Å². The quantitative estimate of drug-likeness (QED) is 0.715. The van der Waals surface area contributed by atoms with Gasteiger partial charge in [0.05, 0.1) is 0 Å². The van der Waals surface area contributed by atoms with Crippen molar-refractivity contribution in [1.82, 2.24) is 10.2 Å². The maximum atomic E-state index is 3.74. The number of nitrogens with zero attached hydrogens (tertiary/aromatic N) is 1. The van der Waals surface area contributed by atoms with Gasteiger partial charge in [0, 0.05) is 18.6 Å². The molecule has 94 valence electrons. The van der Waals surface area contributed by atoms with Crippen LogP contribution < -0.4 is 5.32 Å². The van der Waals surface area contributed by atoms with Crippen molar-refractivity contribution in [3.8, 4) is 0 Å². The van der Waals surface area contributed by atoms with Crippen molar-refractivity contribution in [1.29, 1.82) is 0 Å². The van der Waals surface area contributed by atoms with Gasteiger partial charge >= 0.3 is 0 Å². The minimum Gasteiger partial charge on any atom is -0.313 e. The molecule has 2 nitrogen and oxygen atoms in total. The monoisotopic (exact) mass is 224 g/mol. The molecule has 0 bridgehead atoms. The Morgan fingerprint density at radius 3 is 2.50 bits per heavy atom. The lowest BCUT2D eigenvalue weighted by Gasteiger charge is -2.28. The predicted molar refractivity (Wildman–Crippen MR) is 69.7 cm³/mol. The molecule has 1 saturated heterocycles. The molecule has 2 rings (SSSR count). The number of hydrogen-bond donors (Lipinski definition) is 1. The molecule has 2 aliphatic rings. The van der Waals surface area contributed by atoms with Crippen molar-refractivity contribution in [2.24, 2.45) is 5.92 Å². The molecule has 0 radical (unpaired) electrons. The second-order valence-corrected chi connectivity index (χ2v) is 5.79. The highest BCUT2D eigenvalue weighted by Gasteiger charge is 2.24. The Balaban J connectivity index is 1.64. The van der Waals surface area contributed by atoms with Crippen LogP contribution in [0.2, 0.25) is 0 Å². The van der Waals surface area contributed by atoms with E-state index in [4.69, 9.17) is 0 Å². The fourth-order valence-electron chi connectivity index (χ4n) is 2.91. The van der Waals surface area contributed by atoms with Crippen molar-refractivity contribution >= 4 is 0 Å². The standard InChI is InChI=1S/C14H28N2/c1-3-14(16-8-4-5-9-16)11-15-12(2)10-13-6-7-13/h12-15H,3-11H2,1-2H3. The molecule has 0 amide bonds. The van der Waals surface area contributed by atoms with E-state index in [2.05, 4.69) is 24.1 Å². The first-order chi connectivity index (χ1) is 7.79. The third-order valence-corrected chi connectivity index (χ3v) is 4.21. The van der Waals surface area contributed by atoms with Crippen molar-refractivity contribution in [2.75, 3.05) is 19.6 Å². The maximum absolute atomic E-state index is 3.74. The van der Waals surface area contributed by atoms with Crippen LogP contribution in [0.25, 0.3) is 0 Å². The Morgan fingerprint density at radius 2 is 1.94 bits per heavy atom. The van der Waals surface area contributed by atoms with E-state index in [9.17, 15) is 0 Å². The van der Waals surface area contributed by atoms with Crippen molar-refractivity contribution in [2.45, 2.75) is 64.5 Å². The Kier molecular flexibility index (Phi) is 4.66. The first kappa shape index (κ1) is 12.4. The Hall–Kier alpha value is -0.0800. The third kappa shape index (κ3) is 3.74. The van der Waals surface area contributed by atoms with Crippen molar-refractivity contribution < 1.29 is 0 Å². The summed E-state index contributed by atoms with van der Waals surface area (Å²) in [5, 5.41) is 3.74. The summed E-state index contributed by atoms with van der Waals surface area (Å²) >= 11 is 0. The summed E-state index contributed by atoms with van der Waals surface area (Å²) in [5.41, 5.74) is 0. The molecular formula is C14H28N2. The van der Waals surface area contributed by atoms with E-state index in [1.165, 1.54) is 58.2 Å². The second kappa shape index (κ2) is 6.02. The molecule has 1 aliphatic heterocycles.